The van der Waals surface area contributed by atoms with Crippen LogP contribution in [-0.4, -0.2) is 77.0 Å². The summed E-state index contributed by atoms with van der Waals surface area (Å²) in [5, 5.41) is 17.7. The second kappa shape index (κ2) is 13.8. The van der Waals surface area contributed by atoms with Crippen molar-refractivity contribution in [1.82, 2.24) is 29.4 Å². The van der Waals surface area contributed by atoms with E-state index >= 15 is 0 Å². The van der Waals surface area contributed by atoms with Crippen LogP contribution in [0.5, 0.6) is 5.75 Å². The number of ether oxygens (including phenoxy) is 1. The van der Waals surface area contributed by atoms with Crippen LogP contribution in [0.1, 0.15) is 39.8 Å². The Kier molecular flexibility index (Phi) is 9.84. The average molecular weight is 666 g/mol. The quantitative estimate of drug-likeness (QED) is 0.240. The maximum atomic E-state index is 13.7. The highest BCUT2D eigenvalue weighted by atomic mass is 32.2. The molecule has 5 rings (SSSR count). The van der Waals surface area contributed by atoms with Gasteiger partial charge in [0.25, 0.3) is 11.8 Å². The standard InChI is InChI=1S/C31H32FN7O5S2/c1-37(2)46(42,43)25-15-9-22(10-16-25)30(41)33-18-28-34-35-31(38(28)3)45-19-29(40)39-27(21-5-11-23(32)12-6-21)17-26(36-39)20-7-13-24(44-4)14-8-20/h5-16,27H,17-19H2,1-4H3,(H,33,41)/t27-/m0/s1. The van der Waals surface area contributed by atoms with Gasteiger partial charge in [-0.1, -0.05) is 23.9 Å². The molecular weight excluding hydrogens is 634 g/mol. The lowest BCUT2D eigenvalue weighted by atomic mass is 9.98. The first kappa shape index (κ1) is 32.8. The summed E-state index contributed by atoms with van der Waals surface area (Å²) >= 11 is 1.18. The summed E-state index contributed by atoms with van der Waals surface area (Å²) in [6, 6.07) is 18.7. The van der Waals surface area contributed by atoms with Crippen molar-refractivity contribution in [3.63, 3.8) is 0 Å². The fraction of sp³-hybridized carbons (Fsp3) is 0.258. The van der Waals surface area contributed by atoms with Crippen LogP contribution in [0, 0.1) is 5.82 Å². The van der Waals surface area contributed by atoms with Gasteiger partial charge in [-0.3, -0.25) is 9.59 Å². The molecule has 0 saturated heterocycles. The molecule has 1 atom stereocenters. The molecule has 0 radical (unpaired) electrons. The summed E-state index contributed by atoms with van der Waals surface area (Å²) in [5.74, 6) is 0.135. The minimum absolute atomic E-state index is 0.0115. The van der Waals surface area contributed by atoms with E-state index in [0.29, 0.717) is 23.2 Å². The highest BCUT2D eigenvalue weighted by Gasteiger charge is 2.33. The molecule has 1 aliphatic heterocycles. The fourth-order valence-corrected chi connectivity index (χ4v) is 6.39. The number of hydrogen-bond acceptors (Lipinski definition) is 9. The van der Waals surface area contributed by atoms with Gasteiger partial charge in [0.05, 0.1) is 36.1 Å². The average Bonchev–Trinajstić information content (AvgIpc) is 3.66. The first-order valence-electron chi connectivity index (χ1n) is 14.1. The second-order valence-corrected chi connectivity index (χ2v) is 13.6. The topological polar surface area (TPSA) is 139 Å². The number of hydrazone groups is 1. The molecule has 0 unspecified atom stereocenters. The van der Waals surface area contributed by atoms with Gasteiger partial charge in [-0.05, 0) is 71.8 Å². The van der Waals surface area contributed by atoms with Crippen molar-refractivity contribution >= 4 is 39.3 Å². The first-order valence-corrected chi connectivity index (χ1v) is 16.5. The maximum Gasteiger partial charge on any atom is 0.253 e. The number of thioether (sulfide) groups is 1. The predicted molar refractivity (Wildman–Crippen MR) is 170 cm³/mol. The fourth-order valence-electron chi connectivity index (χ4n) is 4.71. The molecule has 15 heteroatoms. The van der Waals surface area contributed by atoms with Crippen LogP contribution in [0.3, 0.4) is 0 Å². The number of methoxy groups -OCH3 is 1. The third kappa shape index (κ3) is 7.11. The van der Waals surface area contributed by atoms with Crippen LogP contribution in [0.25, 0.3) is 0 Å². The number of nitrogens with zero attached hydrogens (tertiary/aromatic N) is 6. The van der Waals surface area contributed by atoms with Crippen LogP contribution >= 0.6 is 11.8 Å². The number of benzene rings is 3. The number of sulfonamides is 1. The lowest BCUT2D eigenvalue weighted by Gasteiger charge is -2.22. The second-order valence-electron chi connectivity index (χ2n) is 10.5. The number of rotatable bonds is 11. The lowest BCUT2D eigenvalue weighted by molar-refractivity contribution is -0.130. The van der Waals surface area contributed by atoms with Crippen molar-refractivity contribution in [2.24, 2.45) is 12.1 Å². The van der Waals surface area contributed by atoms with Gasteiger partial charge < -0.3 is 14.6 Å². The van der Waals surface area contributed by atoms with Crippen LogP contribution in [0.2, 0.25) is 0 Å². The molecule has 1 N–H and O–H groups in total. The number of nitrogens with one attached hydrogen (secondary N) is 1. The number of carbonyl (C=O) groups is 2. The Morgan fingerprint density at radius 3 is 2.33 bits per heavy atom. The van der Waals surface area contributed by atoms with Gasteiger partial charge in [-0.25, -0.2) is 22.1 Å². The smallest absolute Gasteiger partial charge is 0.253 e. The maximum absolute atomic E-state index is 13.7. The van der Waals surface area contributed by atoms with E-state index in [2.05, 4.69) is 20.6 Å². The van der Waals surface area contributed by atoms with E-state index in [0.717, 1.165) is 21.1 Å². The molecular formula is C31H32FN7O5S2. The van der Waals surface area contributed by atoms with Crippen molar-refractivity contribution < 1.29 is 27.1 Å². The number of halogens is 1. The van der Waals surface area contributed by atoms with Gasteiger partial charge in [0.2, 0.25) is 10.0 Å². The van der Waals surface area contributed by atoms with E-state index in [-0.39, 0.29) is 34.5 Å². The zero-order valence-corrected chi connectivity index (χ0v) is 27.2. The Morgan fingerprint density at radius 1 is 1.02 bits per heavy atom. The monoisotopic (exact) mass is 665 g/mol. The molecule has 0 spiro atoms. The minimum atomic E-state index is -3.61. The molecule has 12 nitrogen and oxygen atoms in total. The molecule has 2 amide bonds. The molecule has 2 heterocycles. The molecule has 1 aliphatic rings. The molecule has 0 aliphatic carbocycles. The van der Waals surface area contributed by atoms with E-state index in [1.54, 1.807) is 30.9 Å². The zero-order valence-electron chi connectivity index (χ0n) is 25.5. The number of amides is 2. The van der Waals surface area contributed by atoms with Gasteiger partial charge in [0, 0.05) is 33.1 Å². The first-order chi connectivity index (χ1) is 22.0. The Bertz CT molecular complexity index is 1860. The van der Waals surface area contributed by atoms with Crippen molar-refractivity contribution in [2.75, 3.05) is 27.0 Å². The summed E-state index contributed by atoms with van der Waals surface area (Å²) < 4.78 is 46.3. The Hall–Kier alpha value is -4.60. The number of hydrogen-bond donors (Lipinski definition) is 1. The van der Waals surface area contributed by atoms with E-state index < -0.39 is 22.0 Å². The third-order valence-electron chi connectivity index (χ3n) is 7.40. The van der Waals surface area contributed by atoms with Crippen molar-refractivity contribution in [3.8, 4) is 5.75 Å². The number of carbonyl (C=O) groups excluding carboxylic acids is 2. The summed E-state index contributed by atoms with van der Waals surface area (Å²) in [6.07, 6.45) is 0.455. The SMILES string of the molecule is COc1ccc(C2=NN(C(=O)CSc3nnc(CNC(=O)c4ccc(S(=O)(=O)N(C)C)cc4)n3C)[C@H](c3ccc(F)cc3)C2)cc1. The zero-order chi connectivity index (χ0) is 33.0. The molecule has 240 valence electrons. The van der Waals surface area contributed by atoms with E-state index in [1.165, 1.54) is 67.3 Å². The Balaban J connectivity index is 1.23. The minimum Gasteiger partial charge on any atom is -0.497 e. The van der Waals surface area contributed by atoms with Crippen LogP contribution < -0.4 is 10.1 Å². The van der Waals surface area contributed by atoms with Gasteiger partial charge in [-0.15, -0.1) is 10.2 Å². The highest BCUT2D eigenvalue weighted by molar-refractivity contribution is 7.99. The molecule has 0 bridgehead atoms. The van der Waals surface area contributed by atoms with Crippen molar-refractivity contribution in [3.05, 3.63) is 101 Å². The van der Waals surface area contributed by atoms with Gasteiger partial charge in [0.15, 0.2) is 11.0 Å². The predicted octanol–water partition coefficient (Wildman–Crippen LogP) is 3.61. The third-order valence-corrected chi connectivity index (χ3v) is 10.2. The Morgan fingerprint density at radius 2 is 1.70 bits per heavy atom. The highest BCUT2D eigenvalue weighted by Crippen LogP contribution is 2.34. The van der Waals surface area contributed by atoms with Crippen LogP contribution in [-0.2, 0) is 28.4 Å². The van der Waals surface area contributed by atoms with E-state index in [1.807, 2.05) is 24.3 Å². The number of aromatic nitrogens is 3. The lowest BCUT2D eigenvalue weighted by Crippen LogP contribution is -2.28. The van der Waals surface area contributed by atoms with Gasteiger partial charge >= 0.3 is 0 Å². The van der Waals surface area contributed by atoms with Crippen molar-refractivity contribution in [1.29, 1.82) is 0 Å². The molecule has 46 heavy (non-hydrogen) atoms. The van der Waals surface area contributed by atoms with Crippen LogP contribution in [0.4, 0.5) is 4.39 Å². The van der Waals surface area contributed by atoms with Gasteiger partial charge in [-0.2, -0.15) is 5.10 Å². The molecule has 0 fully saturated rings. The largest absolute Gasteiger partial charge is 0.497 e. The molecule has 3 aromatic carbocycles. The molecule has 1 aromatic heterocycles. The molecule has 0 saturated carbocycles. The summed E-state index contributed by atoms with van der Waals surface area (Å²) in [7, 11) is 2.58. The normalized spacial score (nSPS) is 14.8. The van der Waals surface area contributed by atoms with Crippen molar-refractivity contribution in [2.45, 2.75) is 29.1 Å². The molecule has 4 aromatic rings. The summed E-state index contributed by atoms with van der Waals surface area (Å²) in [6.45, 7) is 0.0584. The van der Waals surface area contributed by atoms with E-state index in [9.17, 15) is 22.4 Å². The van der Waals surface area contributed by atoms with E-state index in [4.69, 9.17) is 4.74 Å². The Labute approximate surface area is 270 Å². The van der Waals surface area contributed by atoms with Crippen LogP contribution in [0.15, 0.2) is 87.9 Å². The van der Waals surface area contributed by atoms with Gasteiger partial charge in [0.1, 0.15) is 11.6 Å². The summed E-state index contributed by atoms with van der Waals surface area (Å²) in [4.78, 5) is 26.3. The summed E-state index contributed by atoms with van der Waals surface area (Å²) in [5.41, 5.74) is 2.62.